The summed E-state index contributed by atoms with van der Waals surface area (Å²) in [6, 6.07) is 4.16. The van der Waals surface area contributed by atoms with Gasteiger partial charge in [-0.05, 0) is 42.4 Å². The Kier molecular flexibility index (Phi) is 3.02. The molecule has 0 aromatic heterocycles. The van der Waals surface area contributed by atoms with Gasteiger partial charge in [-0.2, -0.15) is 0 Å². The van der Waals surface area contributed by atoms with Crippen LogP contribution in [-0.2, 0) is 17.8 Å². The summed E-state index contributed by atoms with van der Waals surface area (Å²) in [6.45, 7) is 1.33. The van der Waals surface area contributed by atoms with Crippen LogP contribution in [0.3, 0.4) is 0 Å². The zero-order valence-electron chi connectivity index (χ0n) is 11.3. The molecule has 0 saturated heterocycles. The van der Waals surface area contributed by atoms with Crippen LogP contribution in [0.1, 0.15) is 30.4 Å². The van der Waals surface area contributed by atoms with Crippen LogP contribution in [0.5, 0.6) is 5.75 Å². The number of rotatable bonds is 3. The Labute approximate surface area is 127 Å². The molecule has 1 aromatic carbocycles. The summed E-state index contributed by atoms with van der Waals surface area (Å²) in [4.78, 5) is 12.2. The lowest BCUT2D eigenvalue weighted by molar-refractivity contribution is -0.123. The monoisotopic (exact) mass is 335 g/mol. The van der Waals surface area contributed by atoms with E-state index < -0.39 is 0 Å². The molecular weight excluding hydrogens is 318 g/mol. The Morgan fingerprint density at radius 1 is 1.35 bits per heavy atom. The fourth-order valence-corrected chi connectivity index (χ4v) is 4.54. The number of benzene rings is 1. The zero-order chi connectivity index (χ0) is 13.7. The molecule has 1 aliphatic heterocycles. The maximum absolute atomic E-state index is 12.2. The first-order valence-electron chi connectivity index (χ1n) is 7.46. The highest BCUT2D eigenvalue weighted by molar-refractivity contribution is 9.10. The van der Waals surface area contributed by atoms with E-state index in [9.17, 15) is 4.79 Å². The lowest BCUT2D eigenvalue weighted by Gasteiger charge is -2.11. The highest BCUT2D eigenvalue weighted by Crippen LogP contribution is 2.57. The predicted molar refractivity (Wildman–Crippen MR) is 79.5 cm³/mol. The first-order chi connectivity index (χ1) is 9.74. The fourth-order valence-electron chi connectivity index (χ4n) is 3.99. The Balaban J connectivity index is 1.44. The summed E-state index contributed by atoms with van der Waals surface area (Å²) in [5, 5.41) is 3.11. The molecule has 20 heavy (non-hydrogen) atoms. The molecule has 2 atom stereocenters. The third kappa shape index (κ3) is 2.05. The van der Waals surface area contributed by atoms with Gasteiger partial charge in [0.05, 0.1) is 6.61 Å². The van der Waals surface area contributed by atoms with Crippen molar-refractivity contribution in [3.05, 3.63) is 27.7 Å². The number of amides is 1. The van der Waals surface area contributed by atoms with Crippen molar-refractivity contribution in [1.29, 1.82) is 0 Å². The first kappa shape index (κ1) is 12.7. The number of carbonyl (C=O) groups is 1. The third-order valence-corrected chi connectivity index (χ3v) is 5.45. The van der Waals surface area contributed by atoms with Gasteiger partial charge in [-0.3, -0.25) is 4.79 Å². The molecule has 106 valence electrons. The molecule has 0 spiro atoms. The van der Waals surface area contributed by atoms with Crippen LogP contribution in [0.4, 0.5) is 0 Å². The van der Waals surface area contributed by atoms with E-state index in [-0.39, 0.29) is 5.91 Å². The van der Waals surface area contributed by atoms with E-state index in [2.05, 4.69) is 33.4 Å². The average Bonchev–Trinajstić information content (AvgIpc) is 2.84. The summed E-state index contributed by atoms with van der Waals surface area (Å²) < 4.78 is 6.76. The number of halogens is 1. The number of nitrogens with one attached hydrogen (secondary N) is 1. The molecule has 1 heterocycles. The van der Waals surface area contributed by atoms with Gasteiger partial charge in [-0.25, -0.2) is 0 Å². The SMILES string of the molecule is O=C(NCc1cc(Br)cc2c1OCC2)C1C2CCCC21. The van der Waals surface area contributed by atoms with Crippen molar-refractivity contribution in [3.63, 3.8) is 0 Å². The first-order valence-corrected chi connectivity index (χ1v) is 8.25. The molecule has 1 aromatic rings. The highest BCUT2D eigenvalue weighted by Gasteiger charge is 2.56. The molecule has 2 aliphatic carbocycles. The van der Waals surface area contributed by atoms with Crippen molar-refractivity contribution < 1.29 is 9.53 Å². The van der Waals surface area contributed by atoms with E-state index in [1.807, 2.05) is 0 Å². The molecule has 2 saturated carbocycles. The largest absolute Gasteiger partial charge is 0.493 e. The van der Waals surface area contributed by atoms with Gasteiger partial charge < -0.3 is 10.1 Å². The van der Waals surface area contributed by atoms with Gasteiger partial charge in [0.15, 0.2) is 0 Å². The second-order valence-electron chi connectivity index (χ2n) is 6.15. The second kappa shape index (κ2) is 4.76. The van der Waals surface area contributed by atoms with Crippen LogP contribution in [0.25, 0.3) is 0 Å². The van der Waals surface area contributed by atoms with Gasteiger partial charge in [0.2, 0.25) is 5.91 Å². The Hall–Kier alpha value is -1.03. The van der Waals surface area contributed by atoms with E-state index in [0.717, 1.165) is 28.8 Å². The fraction of sp³-hybridized carbons (Fsp3) is 0.562. The van der Waals surface area contributed by atoms with E-state index in [1.165, 1.54) is 24.8 Å². The molecule has 3 aliphatic rings. The summed E-state index contributed by atoms with van der Waals surface area (Å²) in [5.74, 6) is 2.87. The maximum Gasteiger partial charge on any atom is 0.223 e. The van der Waals surface area contributed by atoms with Gasteiger partial charge in [0, 0.05) is 28.9 Å². The Morgan fingerprint density at radius 2 is 2.15 bits per heavy atom. The van der Waals surface area contributed by atoms with Crippen molar-refractivity contribution in [2.75, 3.05) is 6.61 Å². The summed E-state index contributed by atoms with van der Waals surface area (Å²) in [6.07, 6.45) is 4.77. The summed E-state index contributed by atoms with van der Waals surface area (Å²) >= 11 is 3.54. The number of hydrogen-bond acceptors (Lipinski definition) is 2. The number of hydrogen-bond donors (Lipinski definition) is 1. The van der Waals surface area contributed by atoms with Crippen LogP contribution in [0.15, 0.2) is 16.6 Å². The molecule has 3 nitrogen and oxygen atoms in total. The molecule has 0 radical (unpaired) electrons. The highest BCUT2D eigenvalue weighted by atomic mass is 79.9. The molecule has 4 rings (SSSR count). The van der Waals surface area contributed by atoms with Crippen LogP contribution in [-0.4, -0.2) is 12.5 Å². The van der Waals surface area contributed by atoms with E-state index in [0.29, 0.717) is 24.3 Å². The quantitative estimate of drug-likeness (QED) is 0.921. The number of fused-ring (bicyclic) bond motifs is 2. The average molecular weight is 336 g/mol. The van der Waals surface area contributed by atoms with Crippen LogP contribution in [0, 0.1) is 17.8 Å². The lowest BCUT2D eigenvalue weighted by Crippen LogP contribution is -2.26. The second-order valence-corrected chi connectivity index (χ2v) is 7.07. The standard InChI is InChI=1S/C16H18BrNO2/c17-11-6-9-4-5-20-15(9)10(7-11)8-18-16(19)14-12-2-1-3-13(12)14/h6-7,12-14H,1-5,8H2,(H,18,19). The smallest absolute Gasteiger partial charge is 0.223 e. The number of ether oxygens (including phenoxy) is 1. The van der Waals surface area contributed by atoms with E-state index in [4.69, 9.17) is 4.74 Å². The minimum atomic E-state index is 0.242. The molecular formula is C16H18BrNO2. The molecule has 0 bridgehead atoms. The normalized spacial score (nSPS) is 29.6. The molecule has 4 heteroatoms. The van der Waals surface area contributed by atoms with Gasteiger partial charge >= 0.3 is 0 Å². The van der Waals surface area contributed by atoms with Crippen LogP contribution < -0.4 is 10.1 Å². The molecule has 1 amide bonds. The zero-order valence-corrected chi connectivity index (χ0v) is 12.9. The number of carbonyl (C=O) groups excluding carboxylic acids is 1. The topological polar surface area (TPSA) is 38.3 Å². The third-order valence-electron chi connectivity index (χ3n) is 4.99. The summed E-state index contributed by atoms with van der Waals surface area (Å²) in [5.41, 5.74) is 2.33. The van der Waals surface area contributed by atoms with Crippen LogP contribution >= 0.6 is 15.9 Å². The minimum Gasteiger partial charge on any atom is -0.493 e. The van der Waals surface area contributed by atoms with Crippen molar-refractivity contribution >= 4 is 21.8 Å². The molecule has 2 fully saturated rings. The van der Waals surface area contributed by atoms with Crippen LogP contribution in [0.2, 0.25) is 0 Å². The Morgan fingerprint density at radius 3 is 2.95 bits per heavy atom. The minimum absolute atomic E-state index is 0.242. The molecule has 2 unspecified atom stereocenters. The Bertz CT molecular complexity index is 562. The van der Waals surface area contributed by atoms with E-state index >= 15 is 0 Å². The van der Waals surface area contributed by atoms with Crippen molar-refractivity contribution in [2.45, 2.75) is 32.2 Å². The summed E-state index contributed by atoms with van der Waals surface area (Å²) in [7, 11) is 0. The van der Waals surface area contributed by atoms with Gasteiger partial charge in [0.25, 0.3) is 0 Å². The van der Waals surface area contributed by atoms with Gasteiger partial charge in [-0.1, -0.05) is 22.4 Å². The van der Waals surface area contributed by atoms with Crippen molar-refractivity contribution in [1.82, 2.24) is 5.32 Å². The van der Waals surface area contributed by atoms with Crippen molar-refractivity contribution in [3.8, 4) is 5.75 Å². The lowest BCUT2D eigenvalue weighted by atomic mass is 10.1. The molecule has 1 N–H and O–H groups in total. The van der Waals surface area contributed by atoms with E-state index in [1.54, 1.807) is 0 Å². The predicted octanol–water partition coefficient (Wildman–Crippen LogP) is 3.05. The van der Waals surface area contributed by atoms with Gasteiger partial charge in [-0.15, -0.1) is 0 Å². The maximum atomic E-state index is 12.2. The van der Waals surface area contributed by atoms with Crippen molar-refractivity contribution in [2.24, 2.45) is 17.8 Å². The van der Waals surface area contributed by atoms with Gasteiger partial charge in [0.1, 0.15) is 5.75 Å².